The van der Waals surface area contributed by atoms with Gasteiger partial charge in [-0.25, -0.2) is 4.99 Å². The number of nitrogens with one attached hydrogen (secondary N) is 1. The lowest BCUT2D eigenvalue weighted by Crippen LogP contribution is -2.45. The van der Waals surface area contributed by atoms with Crippen LogP contribution < -0.4 is 5.32 Å². The zero-order valence-corrected chi connectivity index (χ0v) is 16.0. The van der Waals surface area contributed by atoms with Gasteiger partial charge in [-0.15, -0.1) is 24.0 Å². The van der Waals surface area contributed by atoms with E-state index in [9.17, 15) is 10.1 Å². The lowest BCUT2D eigenvalue weighted by atomic mass is 10.00. The molecule has 0 spiro atoms. The second-order valence-electron chi connectivity index (χ2n) is 5.76. The molecule has 0 aromatic heterocycles. The lowest BCUT2D eigenvalue weighted by Gasteiger charge is -2.33. The first-order chi connectivity index (χ1) is 10.6. The minimum Gasteiger partial charge on any atom is -0.357 e. The summed E-state index contributed by atoms with van der Waals surface area (Å²) in [5.41, 5.74) is 1.09. The molecule has 6 nitrogen and oxygen atoms in total. The average Bonchev–Trinajstić information content (AvgIpc) is 2.53. The van der Waals surface area contributed by atoms with Crippen molar-refractivity contribution >= 4 is 35.6 Å². The Morgan fingerprint density at radius 2 is 1.96 bits per heavy atom. The summed E-state index contributed by atoms with van der Waals surface area (Å²) in [6.45, 7) is 7.80. The van der Waals surface area contributed by atoms with Crippen molar-refractivity contribution in [1.82, 2.24) is 10.2 Å². The van der Waals surface area contributed by atoms with E-state index < -0.39 is 0 Å². The molecule has 1 N–H and O–H groups in total. The summed E-state index contributed by atoms with van der Waals surface area (Å²) < 4.78 is 0. The van der Waals surface area contributed by atoms with E-state index in [1.165, 1.54) is 25.0 Å². The first-order valence-corrected chi connectivity index (χ1v) is 7.86. The van der Waals surface area contributed by atoms with Gasteiger partial charge in [0.25, 0.3) is 5.69 Å². The van der Waals surface area contributed by atoms with Crippen LogP contribution >= 0.6 is 24.0 Å². The molecule has 0 atom stereocenters. The van der Waals surface area contributed by atoms with Crippen LogP contribution in [0.15, 0.2) is 29.3 Å². The predicted molar refractivity (Wildman–Crippen MR) is 103 cm³/mol. The second kappa shape index (κ2) is 9.69. The number of rotatable bonds is 4. The molecule has 0 aliphatic carbocycles. The Balaban J connectivity index is 0.00000264. The summed E-state index contributed by atoms with van der Waals surface area (Å²) in [5.74, 6) is 1.72. The maximum absolute atomic E-state index is 10.7. The molecule has 0 saturated carbocycles. The minimum atomic E-state index is -0.383. The van der Waals surface area contributed by atoms with Gasteiger partial charge in [-0.2, -0.15) is 0 Å². The molecule has 1 saturated heterocycles. The molecule has 1 aromatic rings. The summed E-state index contributed by atoms with van der Waals surface area (Å²) in [4.78, 5) is 17.2. The van der Waals surface area contributed by atoms with Gasteiger partial charge in [-0.05, 0) is 31.2 Å². The molecular formula is C16H25IN4O2. The van der Waals surface area contributed by atoms with E-state index in [1.807, 2.05) is 0 Å². The van der Waals surface area contributed by atoms with Crippen LogP contribution in [0.3, 0.4) is 0 Å². The van der Waals surface area contributed by atoms with Crippen molar-refractivity contribution in [2.45, 2.75) is 33.2 Å². The molecule has 1 fully saturated rings. The molecule has 1 aliphatic heterocycles. The summed E-state index contributed by atoms with van der Waals surface area (Å²) in [6.07, 6.45) is 2.39. The Labute approximate surface area is 154 Å². The molecule has 7 heteroatoms. The number of aliphatic imine (C=N–C) groups is 1. The molecule has 23 heavy (non-hydrogen) atoms. The minimum absolute atomic E-state index is 0. The van der Waals surface area contributed by atoms with E-state index in [1.54, 1.807) is 12.1 Å². The van der Waals surface area contributed by atoms with E-state index in [4.69, 9.17) is 0 Å². The number of hydrogen-bond acceptors (Lipinski definition) is 3. The molecule has 1 aromatic carbocycles. The standard InChI is InChI=1S/C16H24N4O2.HI/c1-3-17-16(19-10-8-13(2)9-11-19)18-12-14-4-6-15(7-5-14)20(21)22;/h4-7,13H,3,8-12H2,1-2H3,(H,17,18);1H. The normalized spacial score (nSPS) is 15.9. The van der Waals surface area contributed by atoms with Gasteiger partial charge in [0.15, 0.2) is 5.96 Å². The van der Waals surface area contributed by atoms with Crippen molar-refractivity contribution in [3.8, 4) is 0 Å². The first-order valence-electron chi connectivity index (χ1n) is 7.86. The SMILES string of the molecule is CCNC(=NCc1ccc([N+](=O)[O-])cc1)N1CCC(C)CC1.I. The highest BCUT2D eigenvalue weighted by Gasteiger charge is 2.18. The van der Waals surface area contributed by atoms with Gasteiger partial charge in [0.05, 0.1) is 11.5 Å². The number of likely N-dealkylation sites (tertiary alicyclic amines) is 1. The van der Waals surface area contributed by atoms with E-state index in [0.29, 0.717) is 6.54 Å². The molecule has 0 bridgehead atoms. The fourth-order valence-corrected chi connectivity index (χ4v) is 2.54. The number of nitro groups is 1. The Morgan fingerprint density at radius 1 is 1.35 bits per heavy atom. The number of piperidine rings is 1. The lowest BCUT2D eigenvalue weighted by molar-refractivity contribution is -0.384. The Bertz CT molecular complexity index is 525. The van der Waals surface area contributed by atoms with Gasteiger partial charge in [-0.1, -0.05) is 19.1 Å². The van der Waals surface area contributed by atoms with Crippen LogP contribution in [-0.4, -0.2) is 35.4 Å². The van der Waals surface area contributed by atoms with Gasteiger partial charge in [-0.3, -0.25) is 10.1 Å². The molecule has 128 valence electrons. The van der Waals surface area contributed by atoms with Gasteiger partial charge in [0.1, 0.15) is 0 Å². The highest BCUT2D eigenvalue weighted by molar-refractivity contribution is 14.0. The van der Waals surface area contributed by atoms with Crippen LogP contribution in [0.4, 0.5) is 5.69 Å². The summed E-state index contributed by atoms with van der Waals surface area (Å²) >= 11 is 0. The second-order valence-corrected chi connectivity index (χ2v) is 5.76. The maximum Gasteiger partial charge on any atom is 0.269 e. The van der Waals surface area contributed by atoms with Gasteiger partial charge >= 0.3 is 0 Å². The summed E-state index contributed by atoms with van der Waals surface area (Å²) in [7, 11) is 0. The monoisotopic (exact) mass is 432 g/mol. The number of nitro benzene ring substituents is 1. The molecular weight excluding hydrogens is 407 g/mol. The number of guanidine groups is 1. The number of nitrogens with zero attached hydrogens (tertiary/aromatic N) is 3. The van der Waals surface area contributed by atoms with Gasteiger partial charge in [0, 0.05) is 31.8 Å². The first kappa shape index (κ1) is 19.7. The van der Waals surface area contributed by atoms with E-state index in [2.05, 4.69) is 29.1 Å². The number of halogens is 1. The van der Waals surface area contributed by atoms with Crippen LogP contribution in [0, 0.1) is 16.0 Å². The molecule has 0 unspecified atom stereocenters. The quantitative estimate of drug-likeness (QED) is 0.260. The smallest absolute Gasteiger partial charge is 0.269 e. The number of benzene rings is 1. The van der Waals surface area contributed by atoms with Gasteiger partial charge in [0.2, 0.25) is 0 Å². The van der Waals surface area contributed by atoms with Crippen LogP contribution in [0.2, 0.25) is 0 Å². The van der Waals surface area contributed by atoms with Crippen LogP contribution in [-0.2, 0) is 6.54 Å². The largest absolute Gasteiger partial charge is 0.357 e. The Hall–Kier alpha value is -1.38. The third-order valence-corrected chi connectivity index (χ3v) is 3.98. The Morgan fingerprint density at radius 3 is 2.48 bits per heavy atom. The highest BCUT2D eigenvalue weighted by atomic mass is 127. The molecule has 0 amide bonds. The highest BCUT2D eigenvalue weighted by Crippen LogP contribution is 2.16. The third kappa shape index (κ3) is 5.96. The molecule has 1 heterocycles. The van der Waals surface area contributed by atoms with Crippen molar-refractivity contribution in [3.05, 3.63) is 39.9 Å². The van der Waals surface area contributed by atoms with Crippen molar-refractivity contribution in [1.29, 1.82) is 0 Å². The number of non-ortho nitro benzene ring substituents is 1. The van der Waals surface area contributed by atoms with Crippen molar-refractivity contribution < 1.29 is 4.92 Å². The maximum atomic E-state index is 10.7. The molecule has 2 rings (SSSR count). The summed E-state index contributed by atoms with van der Waals surface area (Å²) in [6, 6.07) is 6.59. The van der Waals surface area contributed by atoms with E-state index in [-0.39, 0.29) is 34.6 Å². The zero-order chi connectivity index (χ0) is 15.9. The van der Waals surface area contributed by atoms with Crippen LogP contribution in [0.25, 0.3) is 0 Å². The summed E-state index contributed by atoms with van der Waals surface area (Å²) in [5, 5.41) is 14.0. The average molecular weight is 432 g/mol. The Kier molecular flexibility index (Phi) is 8.29. The topological polar surface area (TPSA) is 70.8 Å². The fraction of sp³-hybridized carbons (Fsp3) is 0.562. The van der Waals surface area contributed by atoms with Gasteiger partial charge < -0.3 is 10.2 Å². The van der Waals surface area contributed by atoms with Crippen LogP contribution in [0.1, 0.15) is 32.3 Å². The number of hydrogen-bond donors (Lipinski definition) is 1. The van der Waals surface area contributed by atoms with Crippen LogP contribution in [0.5, 0.6) is 0 Å². The molecule has 1 aliphatic rings. The third-order valence-electron chi connectivity index (χ3n) is 3.98. The van der Waals surface area contributed by atoms with E-state index in [0.717, 1.165) is 37.1 Å². The van der Waals surface area contributed by atoms with Crippen molar-refractivity contribution in [2.24, 2.45) is 10.9 Å². The van der Waals surface area contributed by atoms with Crippen molar-refractivity contribution in [3.63, 3.8) is 0 Å². The predicted octanol–water partition coefficient (Wildman–Crippen LogP) is 3.41. The van der Waals surface area contributed by atoms with E-state index >= 15 is 0 Å². The zero-order valence-electron chi connectivity index (χ0n) is 13.7. The van der Waals surface area contributed by atoms with Crippen molar-refractivity contribution in [2.75, 3.05) is 19.6 Å². The fourth-order valence-electron chi connectivity index (χ4n) is 2.54. The molecule has 0 radical (unpaired) electrons.